The summed E-state index contributed by atoms with van der Waals surface area (Å²) in [6.45, 7) is 6.80. The number of amides is 1. The SMILES string of the molecule is CCc1ccc(C(=O)N(Cc2ccc(N)cc2)C(C)C)s1. The molecular weight excluding hydrogens is 280 g/mol. The van der Waals surface area contributed by atoms with Gasteiger partial charge in [0.2, 0.25) is 0 Å². The van der Waals surface area contributed by atoms with E-state index >= 15 is 0 Å². The van der Waals surface area contributed by atoms with Gasteiger partial charge in [-0.05, 0) is 50.1 Å². The van der Waals surface area contributed by atoms with Crippen LogP contribution in [0.4, 0.5) is 5.69 Å². The molecule has 0 atom stereocenters. The highest BCUT2D eigenvalue weighted by Crippen LogP contribution is 2.21. The highest BCUT2D eigenvalue weighted by molar-refractivity contribution is 7.14. The van der Waals surface area contributed by atoms with Crippen LogP contribution in [0.5, 0.6) is 0 Å². The first-order valence-corrected chi connectivity index (χ1v) is 8.07. The van der Waals surface area contributed by atoms with Crippen molar-refractivity contribution in [2.45, 2.75) is 39.8 Å². The van der Waals surface area contributed by atoms with Crippen molar-refractivity contribution >= 4 is 22.9 Å². The van der Waals surface area contributed by atoms with E-state index in [1.807, 2.05) is 55.1 Å². The largest absolute Gasteiger partial charge is 0.399 e. The maximum Gasteiger partial charge on any atom is 0.264 e. The lowest BCUT2D eigenvalue weighted by atomic mass is 10.1. The van der Waals surface area contributed by atoms with E-state index < -0.39 is 0 Å². The zero-order valence-corrected chi connectivity index (χ0v) is 13.6. The van der Waals surface area contributed by atoms with Gasteiger partial charge in [0.15, 0.2) is 0 Å². The number of hydrogen-bond acceptors (Lipinski definition) is 3. The van der Waals surface area contributed by atoms with E-state index in [1.54, 1.807) is 11.3 Å². The molecule has 0 saturated heterocycles. The number of nitrogens with zero attached hydrogens (tertiary/aromatic N) is 1. The summed E-state index contributed by atoms with van der Waals surface area (Å²) in [5, 5.41) is 0. The zero-order chi connectivity index (χ0) is 15.4. The number of carbonyl (C=O) groups excluding carboxylic acids is 1. The van der Waals surface area contributed by atoms with Crippen LogP contribution < -0.4 is 5.73 Å². The van der Waals surface area contributed by atoms with Crippen molar-refractivity contribution in [3.05, 3.63) is 51.7 Å². The van der Waals surface area contributed by atoms with Crippen LogP contribution in [0.15, 0.2) is 36.4 Å². The average molecular weight is 302 g/mol. The van der Waals surface area contributed by atoms with Gasteiger partial charge >= 0.3 is 0 Å². The fraction of sp³-hybridized carbons (Fsp3) is 0.353. The first kappa shape index (κ1) is 15.6. The van der Waals surface area contributed by atoms with Crippen molar-refractivity contribution in [1.29, 1.82) is 0 Å². The number of anilines is 1. The van der Waals surface area contributed by atoms with Gasteiger partial charge in [-0.1, -0.05) is 19.1 Å². The molecule has 1 amide bonds. The van der Waals surface area contributed by atoms with Crippen LogP contribution in [0, 0.1) is 0 Å². The van der Waals surface area contributed by atoms with Crippen LogP contribution in [-0.4, -0.2) is 16.8 Å². The standard InChI is InChI=1S/C17H22N2OS/c1-4-15-9-10-16(21-15)17(20)19(12(2)3)11-13-5-7-14(18)8-6-13/h5-10,12H,4,11,18H2,1-3H3. The van der Waals surface area contributed by atoms with E-state index in [4.69, 9.17) is 5.73 Å². The van der Waals surface area contributed by atoms with Gasteiger partial charge < -0.3 is 10.6 Å². The summed E-state index contributed by atoms with van der Waals surface area (Å²) >= 11 is 1.59. The monoisotopic (exact) mass is 302 g/mol. The summed E-state index contributed by atoms with van der Waals surface area (Å²) < 4.78 is 0. The minimum absolute atomic E-state index is 0.103. The molecule has 112 valence electrons. The lowest BCUT2D eigenvalue weighted by Gasteiger charge is -2.26. The molecule has 2 rings (SSSR count). The molecule has 0 aliphatic rings. The Labute approximate surface area is 130 Å². The quantitative estimate of drug-likeness (QED) is 0.850. The number of rotatable bonds is 5. The number of carbonyl (C=O) groups is 1. The van der Waals surface area contributed by atoms with E-state index in [0.717, 1.165) is 22.5 Å². The summed E-state index contributed by atoms with van der Waals surface area (Å²) in [6.07, 6.45) is 0.970. The van der Waals surface area contributed by atoms with E-state index in [0.29, 0.717) is 6.54 Å². The Balaban J connectivity index is 2.18. The predicted molar refractivity (Wildman–Crippen MR) is 89.6 cm³/mol. The van der Waals surface area contributed by atoms with Crippen molar-refractivity contribution in [3.63, 3.8) is 0 Å². The second-order valence-corrected chi connectivity index (χ2v) is 6.56. The number of benzene rings is 1. The Morgan fingerprint density at radius 1 is 1.19 bits per heavy atom. The highest BCUT2D eigenvalue weighted by atomic mass is 32.1. The molecule has 0 unspecified atom stereocenters. The highest BCUT2D eigenvalue weighted by Gasteiger charge is 2.20. The molecule has 1 aromatic carbocycles. The number of thiophene rings is 1. The number of nitrogens with two attached hydrogens (primary N) is 1. The summed E-state index contributed by atoms with van der Waals surface area (Å²) in [5.41, 5.74) is 7.55. The lowest BCUT2D eigenvalue weighted by molar-refractivity contribution is 0.0695. The Hall–Kier alpha value is -1.81. The van der Waals surface area contributed by atoms with Gasteiger partial charge in [-0.3, -0.25) is 4.79 Å². The fourth-order valence-corrected chi connectivity index (χ4v) is 3.04. The van der Waals surface area contributed by atoms with Crippen molar-refractivity contribution in [3.8, 4) is 0 Å². The number of hydrogen-bond donors (Lipinski definition) is 1. The van der Waals surface area contributed by atoms with Crippen LogP contribution in [0.3, 0.4) is 0 Å². The first-order chi connectivity index (χ1) is 10.0. The topological polar surface area (TPSA) is 46.3 Å². The minimum Gasteiger partial charge on any atom is -0.399 e. The normalized spacial score (nSPS) is 10.9. The molecule has 4 heteroatoms. The Morgan fingerprint density at radius 2 is 1.86 bits per heavy atom. The van der Waals surface area contributed by atoms with Gasteiger partial charge in [0.25, 0.3) is 5.91 Å². The van der Waals surface area contributed by atoms with E-state index in [1.165, 1.54) is 4.88 Å². The minimum atomic E-state index is 0.103. The molecule has 0 saturated carbocycles. The second kappa shape index (κ2) is 6.76. The molecule has 21 heavy (non-hydrogen) atoms. The molecule has 3 nitrogen and oxygen atoms in total. The van der Waals surface area contributed by atoms with E-state index in [9.17, 15) is 4.79 Å². The Bertz CT molecular complexity index is 602. The fourth-order valence-electron chi connectivity index (χ4n) is 2.13. The maximum atomic E-state index is 12.7. The predicted octanol–water partition coefficient (Wildman–Crippen LogP) is 3.94. The van der Waals surface area contributed by atoms with Crippen LogP contribution in [0.25, 0.3) is 0 Å². The summed E-state index contributed by atoms with van der Waals surface area (Å²) in [4.78, 5) is 16.7. The first-order valence-electron chi connectivity index (χ1n) is 7.25. The van der Waals surface area contributed by atoms with Gasteiger partial charge in [-0.15, -0.1) is 11.3 Å². The molecule has 2 aromatic rings. The third-order valence-corrected chi connectivity index (χ3v) is 4.66. The third-order valence-electron chi connectivity index (χ3n) is 3.44. The number of nitrogen functional groups attached to an aromatic ring is 1. The van der Waals surface area contributed by atoms with Crippen LogP contribution in [-0.2, 0) is 13.0 Å². The Morgan fingerprint density at radius 3 is 2.38 bits per heavy atom. The van der Waals surface area contributed by atoms with Crippen LogP contribution in [0.2, 0.25) is 0 Å². The van der Waals surface area contributed by atoms with Crippen LogP contribution in [0.1, 0.15) is 40.9 Å². The molecule has 0 spiro atoms. The van der Waals surface area contributed by atoms with E-state index in [-0.39, 0.29) is 11.9 Å². The summed E-state index contributed by atoms with van der Waals surface area (Å²) in [6, 6.07) is 11.8. The molecule has 0 radical (unpaired) electrons. The lowest BCUT2D eigenvalue weighted by Crippen LogP contribution is -2.35. The van der Waals surface area contributed by atoms with Crippen molar-refractivity contribution in [2.24, 2.45) is 0 Å². The Kier molecular flexibility index (Phi) is 5.02. The van der Waals surface area contributed by atoms with Crippen molar-refractivity contribution < 1.29 is 4.79 Å². The number of aryl methyl sites for hydroxylation is 1. The molecular formula is C17H22N2OS. The summed E-state index contributed by atoms with van der Waals surface area (Å²) in [7, 11) is 0. The van der Waals surface area contributed by atoms with Crippen molar-refractivity contribution in [2.75, 3.05) is 5.73 Å². The van der Waals surface area contributed by atoms with Gasteiger partial charge in [-0.25, -0.2) is 0 Å². The van der Waals surface area contributed by atoms with Gasteiger partial charge in [0.1, 0.15) is 0 Å². The molecule has 0 bridgehead atoms. The smallest absolute Gasteiger partial charge is 0.264 e. The second-order valence-electron chi connectivity index (χ2n) is 5.39. The molecule has 0 aliphatic carbocycles. The molecule has 0 fully saturated rings. The van der Waals surface area contributed by atoms with E-state index in [2.05, 4.69) is 6.92 Å². The summed E-state index contributed by atoms with van der Waals surface area (Å²) in [5.74, 6) is 0.103. The third kappa shape index (κ3) is 3.85. The van der Waals surface area contributed by atoms with Gasteiger partial charge in [-0.2, -0.15) is 0 Å². The zero-order valence-electron chi connectivity index (χ0n) is 12.8. The maximum absolute atomic E-state index is 12.7. The molecule has 1 aromatic heterocycles. The average Bonchev–Trinajstić information content (AvgIpc) is 2.94. The van der Waals surface area contributed by atoms with Gasteiger partial charge in [0, 0.05) is 23.2 Å². The van der Waals surface area contributed by atoms with Crippen molar-refractivity contribution in [1.82, 2.24) is 4.90 Å². The molecule has 0 aliphatic heterocycles. The van der Waals surface area contributed by atoms with Gasteiger partial charge in [0.05, 0.1) is 4.88 Å². The molecule has 2 N–H and O–H groups in total. The van der Waals surface area contributed by atoms with Crippen LogP contribution >= 0.6 is 11.3 Å². The molecule has 1 heterocycles.